The molecule has 2 fully saturated rings. The van der Waals surface area contributed by atoms with Crippen LogP contribution in [0.4, 0.5) is 5.69 Å². The van der Waals surface area contributed by atoms with Gasteiger partial charge in [0.1, 0.15) is 18.1 Å². The highest BCUT2D eigenvalue weighted by Gasteiger charge is 2.44. The van der Waals surface area contributed by atoms with Gasteiger partial charge >= 0.3 is 0 Å². The summed E-state index contributed by atoms with van der Waals surface area (Å²) in [5.74, 6) is 1.69. The molecule has 3 heterocycles. The first-order chi connectivity index (χ1) is 15.2. The molecule has 6 nitrogen and oxygen atoms in total. The molecule has 2 aromatic carbocycles. The van der Waals surface area contributed by atoms with Gasteiger partial charge in [-0.2, -0.15) is 0 Å². The maximum Gasteiger partial charge on any atom is 0.121 e. The minimum atomic E-state index is 0. The lowest BCUT2D eigenvalue weighted by Crippen LogP contribution is -2.44. The summed E-state index contributed by atoms with van der Waals surface area (Å²) in [4.78, 5) is 7.48. The van der Waals surface area contributed by atoms with Crippen LogP contribution in [0.2, 0.25) is 0 Å². The number of benzene rings is 2. The summed E-state index contributed by atoms with van der Waals surface area (Å²) in [5, 5.41) is 4.25. The lowest BCUT2D eigenvalue weighted by Gasteiger charge is -2.38. The van der Waals surface area contributed by atoms with E-state index >= 15 is 0 Å². The van der Waals surface area contributed by atoms with E-state index < -0.39 is 0 Å². The van der Waals surface area contributed by atoms with Gasteiger partial charge in [-0.3, -0.25) is 0 Å². The summed E-state index contributed by atoms with van der Waals surface area (Å²) in [5.41, 5.74) is 4.55. The lowest BCUT2D eigenvalue weighted by atomic mass is 9.85. The minimum absolute atomic E-state index is 0. The topological polar surface area (TPSA) is 55.9 Å². The average Bonchev–Trinajstić information content (AvgIpc) is 3.25. The molecule has 3 aromatic rings. The second-order valence-corrected chi connectivity index (χ2v) is 8.55. The second-order valence-electron chi connectivity index (χ2n) is 8.55. The zero-order chi connectivity index (χ0) is 21.3. The fraction of sp³-hybridized carbons (Fsp3) is 0.400. The largest absolute Gasteiger partial charge is 0.497 e. The second kappa shape index (κ2) is 8.36. The van der Waals surface area contributed by atoms with Gasteiger partial charge in [0.15, 0.2) is 0 Å². The Hall–Kier alpha value is -2.83. The first-order valence-corrected chi connectivity index (χ1v) is 10.9. The number of likely N-dealkylation sites (N-methyl/N-ethyl adjacent to an activating group) is 1. The van der Waals surface area contributed by atoms with Crippen LogP contribution in [-0.4, -0.2) is 58.6 Å². The van der Waals surface area contributed by atoms with E-state index in [0.29, 0.717) is 12.0 Å². The van der Waals surface area contributed by atoms with Crippen LogP contribution in [0, 0.1) is 5.41 Å². The van der Waals surface area contributed by atoms with Crippen LogP contribution in [-0.2, 0) is 4.74 Å². The van der Waals surface area contributed by atoms with Crippen LogP contribution >= 0.6 is 0 Å². The summed E-state index contributed by atoms with van der Waals surface area (Å²) < 4.78 is 16.8. The molecule has 0 amide bonds. The maximum atomic E-state index is 5.76. The minimum Gasteiger partial charge on any atom is -0.497 e. The van der Waals surface area contributed by atoms with E-state index in [1.165, 1.54) is 12.1 Å². The molecule has 0 atom stereocenters. The molecule has 2 saturated heterocycles. The number of pyridine rings is 1. The van der Waals surface area contributed by atoms with Crippen molar-refractivity contribution in [3.05, 3.63) is 48.5 Å². The van der Waals surface area contributed by atoms with Gasteiger partial charge in [0, 0.05) is 49.2 Å². The summed E-state index contributed by atoms with van der Waals surface area (Å²) in [6.07, 6.45) is 1.18. The third kappa shape index (κ3) is 3.93. The van der Waals surface area contributed by atoms with Crippen molar-refractivity contribution in [1.82, 2.24) is 10.3 Å². The molecule has 164 valence electrons. The Morgan fingerprint density at radius 1 is 1.13 bits per heavy atom. The van der Waals surface area contributed by atoms with Crippen molar-refractivity contribution in [3.63, 3.8) is 0 Å². The summed E-state index contributed by atoms with van der Waals surface area (Å²) >= 11 is 0. The number of nitrogens with one attached hydrogen (secondary N) is 1. The van der Waals surface area contributed by atoms with Gasteiger partial charge in [-0.1, -0.05) is 0 Å². The molecule has 0 bridgehead atoms. The highest BCUT2D eigenvalue weighted by atomic mass is 16.5. The van der Waals surface area contributed by atoms with Gasteiger partial charge in [-0.25, -0.2) is 4.98 Å². The highest BCUT2D eigenvalue weighted by Crippen LogP contribution is 2.42. The predicted octanol–water partition coefficient (Wildman–Crippen LogP) is 3.98. The Morgan fingerprint density at radius 2 is 1.94 bits per heavy atom. The van der Waals surface area contributed by atoms with Crippen LogP contribution < -0.4 is 19.7 Å². The number of ether oxygens (including phenoxy) is 3. The number of hydrogen-bond donors (Lipinski definition) is 1. The molecule has 0 saturated carbocycles. The molecular formula is C25H31N3O3. The number of methoxy groups -OCH3 is 1. The van der Waals surface area contributed by atoms with E-state index in [9.17, 15) is 0 Å². The standard InChI is InChI=1S/C25H29N3O3.H2/c1-26-10-12-31-19-5-3-18(4-6-19)22-14-24(28-11-9-25(15-28)16-30-17-25)21-8-7-20(29-2)13-23(21)27-22;/h3-8,13-14,26H,9-12,15-17H2,1-2H3;1H. The zero-order valence-corrected chi connectivity index (χ0v) is 18.2. The number of rotatable bonds is 7. The van der Waals surface area contributed by atoms with E-state index in [1.807, 2.05) is 31.3 Å². The number of anilines is 1. The SMILES string of the molecule is CNCCOc1ccc(-c2cc(N3CCC4(COC4)C3)c3ccc(OC)cc3n2)cc1.[HH]. The zero-order valence-electron chi connectivity index (χ0n) is 18.2. The molecule has 31 heavy (non-hydrogen) atoms. The van der Waals surface area contributed by atoms with Crippen LogP contribution in [0.1, 0.15) is 7.85 Å². The van der Waals surface area contributed by atoms with Crippen molar-refractivity contribution in [2.75, 3.05) is 58.5 Å². The average molecular weight is 422 g/mol. The fourth-order valence-electron chi connectivity index (χ4n) is 4.49. The van der Waals surface area contributed by atoms with Gasteiger partial charge in [0.25, 0.3) is 0 Å². The van der Waals surface area contributed by atoms with E-state index in [4.69, 9.17) is 19.2 Å². The Morgan fingerprint density at radius 3 is 2.61 bits per heavy atom. The van der Waals surface area contributed by atoms with Gasteiger partial charge in [-0.15, -0.1) is 0 Å². The lowest BCUT2D eigenvalue weighted by molar-refractivity contribution is -0.0985. The van der Waals surface area contributed by atoms with Crippen molar-refractivity contribution in [3.8, 4) is 22.8 Å². The van der Waals surface area contributed by atoms with Crippen LogP contribution in [0.25, 0.3) is 22.2 Å². The number of fused-ring (bicyclic) bond motifs is 1. The number of nitrogens with zero attached hydrogens (tertiary/aromatic N) is 2. The monoisotopic (exact) mass is 421 g/mol. The van der Waals surface area contributed by atoms with Crippen molar-refractivity contribution in [2.45, 2.75) is 6.42 Å². The fourth-order valence-corrected chi connectivity index (χ4v) is 4.49. The van der Waals surface area contributed by atoms with Gasteiger partial charge in [0.2, 0.25) is 0 Å². The van der Waals surface area contributed by atoms with E-state index in [2.05, 4.69) is 34.5 Å². The smallest absolute Gasteiger partial charge is 0.121 e. The van der Waals surface area contributed by atoms with E-state index in [1.54, 1.807) is 7.11 Å². The van der Waals surface area contributed by atoms with Crippen molar-refractivity contribution in [2.24, 2.45) is 5.41 Å². The molecule has 1 N–H and O–H groups in total. The van der Waals surface area contributed by atoms with E-state index in [-0.39, 0.29) is 1.43 Å². The molecule has 2 aliphatic heterocycles. The Kier molecular flexibility index (Phi) is 5.42. The van der Waals surface area contributed by atoms with Gasteiger partial charge in [0.05, 0.1) is 31.5 Å². The summed E-state index contributed by atoms with van der Waals surface area (Å²) in [6.45, 7) is 5.31. The molecule has 0 radical (unpaired) electrons. The van der Waals surface area contributed by atoms with Gasteiger partial charge < -0.3 is 24.4 Å². The van der Waals surface area contributed by atoms with Crippen LogP contribution in [0.5, 0.6) is 11.5 Å². The van der Waals surface area contributed by atoms with Crippen molar-refractivity contribution >= 4 is 16.6 Å². The first-order valence-electron chi connectivity index (χ1n) is 10.9. The number of aromatic nitrogens is 1. The quantitative estimate of drug-likeness (QED) is 0.583. The maximum absolute atomic E-state index is 5.76. The third-order valence-corrected chi connectivity index (χ3v) is 6.36. The van der Waals surface area contributed by atoms with Gasteiger partial charge in [-0.05, 0) is 55.9 Å². The molecule has 1 spiro atoms. The molecule has 2 aliphatic rings. The van der Waals surface area contributed by atoms with Crippen LogP contribution in [0.3, 0.4) is 0 Å². The Balaban J connectivity index is 0.00000245. The van der Waals surface area contributed by atoms with Crippen LogP contribution in [0.15, 0.2) is 48.5 Å². The predicted molar refractivity (Wildman–Crippen MR) is 125 cm³/mol. The van der Waals surface area contributed by atoms with Crippen molar-refractivity contribution < 1.29 is 15.6 Å². The molecule has 1 aromatic heterocycles. The Bertz CT molecular complexity index is 1070. The normalized spacial score (nSPS) is 17.2. The first kappa shape index (κ1) is 20.1. The third-order valence-electron chi connectivity index (χ3n) is 6.36. The number of hydrogen-bond acceptors (Lipinski definition) is 6. The molecular weight excluding hydrogens is 390 g/mol. The van der Waals surface area contributed by atoms with E-state index in [0.717, 1.165) is 66.5 Å². The highest BCUT2D eigenvalue weighted by molar-refractivity contribution is 5.95. The molecule has 0 unspecified atom stereocenters. The Labute approximate surface area is 184 Å². The molecule has 6 heteroatoms. The molecule has 5 rings (SSSR count). The summed E-state index contributed by atoms with van der Waals surface area (Å²) in [7, 11) is 3.62. The van der Waals surface area contributed by atoms with Crippen molar-refractivity contribution in [1.29, 1.82) is 0 Å². The summed E-state index contributed by atoms with van der Waals surface area (Å²) in [6, 6.07) is 16.6. The molecule has 0 aliphatic carbocycles.